The molecule has 0 aromatic carbocycles. The first-order chi connectivity index (χ1) is 12.7. The van der Waals surface area contributed by atoms with Crippen LogP contribution < -0.4 is 5.32 Å². The van der Waals surface area contributed by atoms with Gasteiger partial charge in [0.05, 0.1) is 25.4 Å². The summed E-state index contributed by atoms with van der Waals surface area (Å²) in [6, 6.07) is -0.478. The number of hydrogen-bond donors (Lipinski definition) is 3. The minimum atomic E-state index is -0.912. The highest BCUT2D eigenvalue weighted by Gasteiger charge is 2.23. The average Bonchev–Trinajstić information content (AvgIpc) is 2.59. The predicted molar refractivity (Wildman–Crippen MR) is 103 cm³/mol. The normalized spacial score (nSPS) is 20.8. The fourth-order valence-electron chi connectivity index (χ4n) is 2.84. The van der Waals surface area contributed by atoms with Crippen LogP contribution in [0.15, 0.2) is 11.6 Å². The Labute approximate surface area is 163 Å². The third-order valence-electron chi connectivity index (χ3n) is 4.19. The molecule has 0 spiro atoms. The van der Waals surface area contributed by atoms with Crippen molar-refractivity contribution in [2.45, 2.75) is 90.3 Å². The van der Waals surface area contributed by atoms with Crippen LogP contribution in [0, 0.1) is 0 Å². The van der Waals surface area contributed by atoms with Crippen molar-refractivity contribution in [3.8, 4) is 0 Å². The van der Waals surface area contributed by atoms with E-state index in [1.165, 1.54) is 0 Å². The smallest absolute Gasteiger partial charge is 0.407 e. The summed E-state index contributed by atoms with van der Waals surface area (Å²) in [5.41, 5.74) is 0.0709. The van der Waals surface area contributed by atoms with E-state index < -0.39 is 23.8 Å². The lowest BCUT2D eigenvalue weighted by Gasteiger charge is -2.26. The van der Waals surface area contributed by atoms with Crippen LogP contribution in [-0.2, 0) is 14.2 Å². The number of ether oxygens (including phenoxy) is 3. The number of amides is 1. The van der Waals surface area contributed by atoms with Gasteiger partial charge in [-0.3, -0.25) is 0 Å². The maximum Gasteiger partial charge on any atom is 0.407 e. The molecule has 0 aliphatic carbocycles. The fraction of sp³-hybridized carbons (Fsp3) is 0.850. The highest BCUT2D eigenvalue weighted by atomic mass is 16.7. The van der Waals surface area contributed by atoms with Gasteiger partial charge in [-0.15, -0.1) is 0 Å². The summed E-state index contributed by atoms with van der Waals surface area (Å²) in [5, 5.41) is 22.8. The van der Waals surface area contributed by atoms with Gasteiger partial charge < -0.3 is 29.7 Å². The Morgan fingerprint density at radius 2 is 2.11 bits per heavy atom. The van der Waals surface area contributed by atoms with Crippen molar-refractivity contribution in [1.29, 1.82) is 0 Å². The van der Waals surface area contributed by atoms with Gasteiger partial charge in [0, 0.05) is 6.61 Å². The first-order valence-electron chi connectivity index (χ1n) is 9.96. The van der Waals surface area contributed by atoms with Crippen LogP contribution in [0.4, 0.5) is 4.79 Å². The predicted octanol–water partition coefficient (Wildman–Crippen LogP) is 2.89. The highest BCUT2D eigenvalue weighted by Crippen LogP contribution is 2.16. The minimum Gasteiger partial charge on any atom is -0.444 e. The summed E-state index contributed by atoms with van der Waals surface area (Å²) in [6.07, 6.45) is 4.90. The van der Waals surface area contributed by atoms with Crippen molar-refractivity contribution in [3.63, 3.8) is 0 Å². The molecule has 27 heavy (non-hydrogen) atoms. The minimum absolute atomic E-state index is 0.169. The molecule has 7 nitrogen and oxygen atoms in total. The van der Waals surface area contributed by atoms with Crippen LogP contribution in [0.2, 0.25) is 0 Å². The SMILES string of the molecule is CCC[C@H](NC(=O)OC(C)(C)C)[C@@H](O)C=C(CO)CCOC1CCCCO1. The van der Waals surface area contributed by atoms with Gasteiger partial charge in [0.25, 0.3) is 0 Å². The average molecular weight is 388 g/mol. The molecule has 1 saturated heterocycles. The van der Waals surface area contributed by atoms with Crippen LogP contribution in [0.1, 0.15) is 66.2 Å². The number of aliphatic hydroxyl groups excluding tert-OH is 2. The van der Waals surface area contributed by atoms with Crippen LogP contribution in [-0.4, -0.2) is 60.2 Å². The van der Waals surface area contributed by atoms with E-state index in [1.807, 2.05) is 6.92 Å². The van der Waals surface area contributed by atoms with Gasteiger partial charge in [0.2, 0.25) is 0 Å². The number of carbonyl (C=O) groups is 1. The molecular formula is C20H37NO6. The van der Waals surface area contributed by atoms with Gasteiger partial charge in [0.1, 0.15) is 5.60 Å². The third kappa shape index (κ3) is 10.7. The monoisotopic (exact) mass is 387 g/mol. The van der Waals surface area contributed by atoms with E-state index in [9.17, 15) is 15.0 Å². The molecule has 0 saturated carbocycles. The van der Waals surface area contributed by atoms with Crippen molar-refractivity contribution >= 4 is 6.09 Å². The van der Waals surface area contributed by atoms with E-state index in [1.54, 1.807) is 26.8 Å². The van der Waals surface area contributed by atoms with E-state index in [0.29, 0.717) is 25.0 Å². The summed E-state index contributed by atoms with van der Waals surface area (Å²) in [7, 11) is 0. The quantitative estimate of drug-likeness (QED) is 0.499. The molecule has 1 heterocycles. The van der Waals surface area contributed by atoms with Crippen molar-refractivity contribution in [2.75, 3.05) is 19.8 Å². The lowest BCUT2D eigenvalue weighted by atomic mass is 10.0. The molecule has 3 N–H and O–H groups in total. The molecule has 1 unspecified atom stereocenters. The van der Waals surface area contributed by atoms with Crippen LogP contribution in [0.3, 0.4) is 0 Å². The Morgan fingerprint density at radius 3 is 2.67 bits per heavy atom. The van der Waals surface area contributed by atoms with E-state index in [-0.39, 0.29) is 12.9 Å². The van der Waals surface area contributed by atoms with Crippen LogP contribution >= 0.6 is 0 Å². The Bertz CT molecular complexity index is 454. The second-order valence-electron chi connectivity index (χ2n) is 7.93. The molecular weight excluding hydrogens is 350 g/mol. The topological polar surface area (TPSA) is 97.3 Å². The van der Waals surface area contributed by atoms with E-state index in [2.05, 4.69) is 5.32 Å². The van der Waals surface area contributed by atoms with Crippen molar-refractivity contribution in [3.05, 3.63) is 11.6 Å². The van der Waals surface area contributed by atoms with Crippen LogP contribution in [0.25, 0.3) is 0 Å². The molecule has 158 valence electrons. The van der Waals surface area contributed by atoms with E-state index in [0.717, 1.165) is 32.3 Å². The fourth-order valence-corrected chi connectivity index (χ4v) is 2.84. The number of alkyl carbamates (subject to hydrolysis) is 1. The molecule has 1 rings (SSSR count). The van der Waals surface area contributed by atoms with Crippen LogP contribution in [0.5, 0.6) is 0 Å². The molecule has 3 atom stereocenters. The number of aliphatic hydroxyl groups is 2. The van der Waals surface area contributed by atoms with Gasteiger partial charge in [-0.1, -0.05) is 19.4 Å². The molecule has 0 bridgehead atoms. The lowest BCUT2D eigenvalue weighted by molar-refractivity contribution is -0.161. The van der Waals surface area contributed by atoms with Gasteiger partial charge >= 0.3 is 6.09 Å². The Kier molecular flexibility index (Phi) is 10.9. The summed E-state index contributed by atoms with van der Waals surface area (Å²) in [4.78, 5) is 12.0. The first kappa shape index (κ1) is 23.9. The summed E-state index contributed by atoms with van der Waals surface area (Å²) < 4.78 is 16.5. The first-order valence-corrected chi connectivity index (χ1v) is 9.96. The van der Waals surface area contributed by atoms with E-state index in [4.69, 9.17) is 14.2 Å². The number of carbonyl (C=O) groups excluding carboxylic acids is 1. The summed E-state index contributed by atoms with van der Waals surface area (Å²) in [6.45, 7) is 8.32. The third-order valence-corrected chi connectivity index (χ3v) is 4.19. The maximum absolute atomic E-state index is 12.0. The molecule has 1 aliphatic rings. The molecule has 0 aromatic rings. The second kappa shape index (κ2) is 12.3. The Balaban J connectivity index is 2.54. The highest BCUT2D eigenvalue weighted by molar-refractivity contribution is 5.68. The summed E-state index contributed by atoms with van der Waals surface area (Å²) >= 11 is 0. The van der Waals surface area contributed by atoms with Gasteiger partial charge in [-0.05, 0) is 58.4 Å². The van der Waals surface area contributed by atoms with Crippen molar-refractivity contribution < 1.29 is 29.2 Å². The van der Waals surface area contributed by atoms with Gasteiger partial charge in [-0.2, -0.15) is 0 Å². The zero-order chi connectivity index (χ0) is 20.3. The lowest BCUT2D eigenvalue weighted by Crippen LogP contribution is -2.45. The van der Waals surface area contributed by atoms with Gasteiger partial charge in [-0.25, -0.2) is 4.79 Å². The zero-order valence-corrected chi connectivity index (χ0v) is 17.2. The number of nitrogens with one attached hydrogen (secondary N) is 1. The maximum atomic E-state index is 12.0. The summed E-state index contributed by atoms with van der Waals surface area (Å²) in [5.74, 6) is 0. The standard InChI is InChI=1S/C20H37NO6/c1-5-8-16(21-19(24)27-20(2,3)4)17(23)13-15(14-22)10-12-26-18-9-6-7-11-25-18/h13,16-18,22-23H,5-12,14H2,1-4H3,(H,21,24)/t16-,17-,18?/m0/s1. The molecule has 0 radical (unpaired) electrons. The molecule has 1 fully saturated rings. The van der Waals surface area contributed by atoms with Crippen molar-refractivity contribution in [2.24, 2.45) is 0 Å². The molecule has 7 heteroatoms. The van der Waals surface area contributed by atoms with Gasteiger partial charge in [0.15, 0.2) is 6.29 Å². The molecule has 0 aromatic heterocycles. The number of rotatable bonds is 10. The largest absolute Gasteiger partial charge is 0.444 e. The number of hydrogen-bond acceptors (Lipinski definition) is 6. The Hall–Kier alpha value is -1.15. The molecule has 1 aliphatic heterocycles. The molecule has 1 amide bonds. The second-order valence-corrected chi connectivity index (χ2v) is 7.93. The zero-order valence-electron chi connectivity index (χ0n) is 17.2. The Morgan fingerprint density at radius 1 is 1.37 bits per heavy atom. The van der Waals surface area contributed by atoms with Crippen molar-refractivity contribution in [1.82, 2.24) is 5.32 Å². The van der Waals surface area contributed by atoms with E-state index >= 15 is 0 Å².